The Hall–Kier alpha value is -1.90. The lowest BCUT2D eigenvalue weighted by Crippen LogP contribution is -2.11. The molecule has 1 saturated heterocycles. The predicted molar refractivity (Wildman–Crippen MR) is 91.2 cm³/mol. The van der Waals surface area contributed by atoms with Crippen LogP contribution in [0.15, 0.2) is 12.1 Å². The van der Waals surface area contributed by atoms with E-state index in [-0.39, 0.29) is 6.10 Å². The van der Waals surface area contributed by atoms with Crippen molar-refractivity contribution in [3.05, 3.63) is 33.8 Å². The van der Waals surface area contributed by atoms with Crippen LogP contribution < -0.4 is 5.73 Å². The van der Waals surface area contributed by atoms with Crippen LogP contribution in [0.25, 0.3) is 10.4 Å². The molecule has 2 aliphatic rings. The van der Waals surface area contributed by atoms with Gasteiger partial charge in [-0.3, -0.25) is 0 Å². The number of hydrogen-bond donors (Lipinski definition) is 1. The van der Waals surface area contributed by atoms with Crippen LogP contribution in [0, 0.1) is 11.3 Å². The summed E-state index contributed by atoms with van der Waals surface area (Å²) >= 11 is 1.73. The van der Waals surface area contributed by atoms with Gasteiger partial charge in [0.05, 0.1) is 6.10 Å². The molecular formula is C18H19N3OS. The highest BCUT2D eigenvalue weighted by Crippen LogP contribution is 2.42. The van der Waals surface area contributed by atoms with Crippen molar-refractivity contribution >= 4 is 17.2 Å². The number of ether oxygens (including phenoxy) is 1. The number of pyridine rings is 1. The fourth-order valence-corrected chi connectivity index (χ4v) is 4.78. The van der Waals surface area contributed by atoms with Crippen LogP contribution in [-0.2, 0) is 17.6 Å². The molecule has 2 N–H and O–H groups in total. The van der Waals surface area contributed by atoms with E-state index in [0.29, 0.717) is 11.4 Å². The molecule has 1 aliphatic heterocycles. The number of fused-ring (bicyclic) bond motifs is 1. The van der Waals surface area contributed by atoms with Crippen LogP contribution in [-0.4, -0.2) is 11.6 Å². The van der Waals surface area contributed by atoms with Crippen LogP contribution in [0.5, 0.6) is 0 Å². The summed E-state index contributed by atoms with van der Waals surface area (Å²) in [6, 6.07) is 6.54. The summed E-state index contributed by atoms with van der Waals surface area (Å²) in [4.78, 5) is 6.87. The van der Waals surface area contributed by atoms with Crippen molar-refractivity contribution in [2.75, 3.05) is 12.3 Å². The fourth-order valence-electron chi connectivity index (χ4n) is 3.61. The number of nitrogens with zero attached hydrogens (tertiary/aromatic N) is 2. The Morgan fingerprint density at radius 1 is 1.26 bits per heavy atom. The van der Waals surface area contributed by atoms with Gasteiger partial charge in [-0.2, -0.15) is 5.26 Å². The zero-order chi connectivity index (χ0) is 15.8. The van der Waals surface area contributed by atoms with Crippen LogP contribution >= 0.6 is 11.3 Å². The van der Waals surface area contributed by atoms with E-state index in [1.807, 2.05) is 0 Å². The van der Waals surface area contributed by atoms with Crippen molar-refractivity contribution in [1.82, 2.24) is 4.98 Å². The van der Waals surface area contributed by atoms with Crippen molar-refractivity contribution in [1.29, 1.82) is 5.26 Å². The Balaban J connectivity index is 1.84. The Morgan fingerprint density at radius 2 is 2.13 bits per heavy atom. The molecule has 3 heterocycles. The molecule has 1 fully saturated rings. The van der Waals surface area contributed by atoms with E-state index in [1.165, 1.54) is 10.4 Å². The third-order valence-corrected chi connectivity index (χ3v) is 5.93. The van der Waals surface area contributed by atoms with Crippen molar-refractivity contribution in [3.8, 4) is 16.5 Å². The van der Waals surface area contributed by atoms with Gasteiger partial charge in [0.2, 0.25) is 0 Å². The predicted octanol–water partition coefficient (Wildman–Crippen LogP) is 3.99. The van der Waals surface area contributed by atoms with Crippen LogP contribution in [0.3, 0.4) is 0 Å². The summed E-state index contributed by atoms with van der Waals surface area (Å²) in [5.41, 5.74) is 9.92. The third-order valence-electron chi connectivity index (χ3n) is 4.73. The highest BCUT2D eigenvalue weighted by molar-refractivity contribution is 7.15. The van der Waals surface area contributed by atoms with Crippen LogP contribution in [0.1, 0.15) is 53.5 Å². The van der Waals surface area contributed by atoms with E-state index in [2.05, 4.69) is 23.2 Å². The average molecular weight is 325 g/mol. The summed E-state index contributed by atoms with van der Waals surface area (Å²) in [5, 5.41) is 9.59. The molecule has 5 heteroatoms. The van der Waals surface area contributed by atoms with Crippen LogP contribution in [0.2, 0.25) is 0 Å². The lowest BCUT2D eigenvalue weighted by atomic mass is 9.89. The first-order chi connectivity index (χ1) is 11.3. The molecule has 1 unspecified atom stereocenters. The zero-order valence-corrected chi connectivity index (χ0v) is 13.8. The maximum Gasteiger partial charge on any atom is 0.142 e. The molecule has 0 saturated carbocycles. The van der Waals surface area contributed by atoms with Crippen molar-refractivity contribution in [2.45, 2.75) is 44.6 Å². The van der Waals surface area contributed by atoms with Crippen molar-refractivity contribution < 1.29 is 4.74 Å². The van der Waals surface area contributed by atoms with Gasteiger partial charge in [0.25, 0.3) is 0 Å². The van der Waals surface area contributed by atoms with Gasteiger partial charge in [0, 0.05) is 27.6 Å². The lowest BCUT2D eigenvalue weighted by molar-refractivity contribution is 0.114. The van der Waals surface area contributed by atoms with E-state index < -0.39 is 0 Å². The minimum absolute atomic E-state index is 0.217. The Kier molecular flexibility index (Phi) is 3.80. The van der Waals surface area contributed by atoms with Crippen molar-refractivity contribution in [2.24, 2.45) is 0 Å². The molecule has 0 aromatic carbocycles. The molecular weight excluding hydrogens is 306 g/mol. The number of hydrogen-bond acceptors (Lipinski definition) is 5. The summed E-state index contributed by atoms with van der Waals surface area (Å²) in [6.07, 6.45) is 6.67. The molecule has 1 atom stereocenters. The molecule has 2 aromatic rings. The topological polar surface area (TPSA) is 71.9 Å². The normalized spacial score (nSPS) is 20.2. The largest absolute Gasteiger partial charge is 0.383 e. The first-order valence-electron chi connectivity index (χ1n) is 8.21. The first kappa shape index (κ1) is 14.7. The van der Waals surface area contributed by atoms with E-state index in [0.717, 1.165) is 61.3 Å². The van der Waals surface area contributed by atoms with Gasteiger partial charge in [-0.1, -0.05) is 0 Å². The summed E-state index contributed by atoms with van der Waals surface area (Å²) < 4.78 is 5.79. The minimum atomic E-state index is 0.217. The molecule has 2 aromatic heterocycles. The maximum absolute atomic E-state index is 9.59. The van der Waals surface area contributed by atoms with Gasteiger partial charge in [0.1, 0.15) is 17.5 Å². The van der Waals surface area contributed by atoms with Gasteiger partial charge < -0.3 is 10.5 Å². The monoisotopic (exact) mass is 325 g/mol. The number of aryl methyl sites for hydroxylation is 1. The molecule has 23 heavy (non-hydrogen) atoms. The molecule has 0 radical (unpaired) electrons. The van der Waals surface area contributed by atoms with Gasteiger partial charge in [0.15, 0.2) is 0 Å². The summed E-state index contributed by atoms with van der Waals surface area (Å²) in [6.45, 7) is 0.846. The maximum atomic E-state index is 9.59. The molecule has 1 aliphatic carbocycles. The average Bonchev–Trinajstić information content (AvgIpc) is 3.24. The SMILES string of the molecule is N#Cc1c(N)nc2c(c1-c1ccc(C3CCCO3)s1)CCCC2. The van der Waals surface area contributed by atoms with Gasteiger partial charge in [-0.15, -0.1) is 11.3 Å². The molecule has 0 amide bonds. The highest BCUT2D eigenvalue weighted by Gasteiger charge is 2.25. The Morgan fingerprint density at radius 3 is 2.91 bits per heavy atom. The fraction of sp³-hybridized carbons (Fsp3) is 0.444. The second-order valence-corrected chi connectivity index (χ2v) is 7.31. The van der Waals surface area contributed by atoms with E-state index >= 15 is 0 Å². The molecule has 0 spiro atoms. The number of anilines is 1. The number of rotatable bonds is 2. The number of nitriles is 1. The number of nitrogen functional groups attached to an aromatic ring is 1. The Labute approximate surface area is 139 Å². The molecule has 4 nitrogen and oxygen atoms in total. The highest BCUT2D eigenvalue weighted by atomic mass is 32.1. The second kappa shape index (κ2) is 5.95. The summed E-state index contributed by atoms with van der Waals surface area (Å²) in [7, 11) is 0. The minimum Gasteiger partial charge on any atom is -0.383 e. The second-order valence-electron chi connectivity index (χ2n) is 6.19. The van der Waals surface area contributed by atoms with Crippen molar-refractivity contribution in [3.63, 3.8) is 0 Å². The smallest absolute Gasteiger partial charge is 0.142 e. The van der Waals surface area contributed by atoms with E-state index in [1.54, 1.807) is 11.3 Å². The quantitative estimate of drug-likeness (QED) is 0.906. The molecule has 118 valence electrons. The zero-order valence-electron chi connectivity index (χ0n) is 13.0. The first-order valence-corrected chi connectivity index (χ1v) is 9.02. The third kappa shape index (κ3) is 2.52. The van der Waals surface area contributed by atoms with E-state index in [4.69, 9.17) is 10.5 Å². The molecule has 4 rings (SSSR count). The number of aromatic nitrogens is 1. The standard InChI is InChI=1S/C18H19N3OS/c19-10-12-17(11-4-1-2-5-13(11)21-18(12)20)16-8-7-15(23-16)14-6-3-9-22-14/h7-8,14H,1-6,9H2,(H2,20,21). The van der Waals surface area contributed by atoms with Gasteiger partial charge in [-0.25, -0.2) is 4.98 Å². The number of nitrogens with two attached hydrogens (primary N) is 1. The number of thiophene rings is 1. The van der Waals surface area contributed by atoms with Gasteiger partial charge in [-0.05, 0) is 56.2 Å². The lowest BCUT2D eigenvalue weighted by Gasteiger charge is -2.20. The summed E-state index contributed by atoms with van der Waals surface area (Å²) in [5.74, 6) is 0.371. The molecule has 0 bridgehead atoms. The van der Waals surface area contributed by atoms with Gasteiger partial charge >= 0.3 is 0 Å². The Bertz CT molecular complexity index is 784. The van der Waals surface area contributed by atoms with E-state index in [9.17, 15) is 5.26 Å². The van der Waals surface area contributed by atoms with Crippen LogP contribution in [0.4, 0.5) is 5.82 Å².